The summed E-state index contributed by atoms with van der Waals surface area (Å²) >= 11 is 0. The Morgan fingerprint density at radius 3 is 2.59 bits per heavy atom. The van der Waals surface area contributed by atoms with Gasteiger partial charge >= 0.3 is 0 Å². The van der Waals surface area contributed by atoms with Gasteiger partial charge in [-0.05, 0) is 17.7 Å². The summed E-state index contributed by atoms with van der Waals surface area (Å²) in [4.78, 5) is 2.45. The van der Waals surface area contributed by atoms with Crippen molar-refractivity contribution in [3.05, 3.63) is 23.8 Å². The zero-order valence-electron chi connectivity index (χ0n) is 13.2. The van der Waals surface area contributed by atoms with E-state index < -0.39 is 0 Å². The van der Waals surface area contributed by atoms with Gasteiger partial charge in [-0.3, -0.25) is 4.90 Å². The van der Waals surface area contributed by atoms with Crippen molar-refractivity contribution in [2.75, 3.05) is 39.6 Å². The molecule has 2 heterocycles. The number of rotatable bonds is 4. The summed E-state index contributed by atoms with van der Waals surface area (Å²) in [7, 11) is 0. The van der Waals surface area contributed by atoms with Crippen molar-refractivity contribution >= 4 is 12.4 Å². The number of hydrogen-bond acceptors (Lipinski definition) is 5. The summed E-state index contributed by atoms with van der Waals surface area (Å²) in [5.74, 6) is 1.61. The average molecular weight is 329 g/mol. The van der Waals surface area contributed by atoms with Gasteiger partial charge in [0.2, 0.25) is 6.79 Å². The Bertz CT molecular complexity index is 504. The third-order valence-corrected chi connectivity index (χ3v) is 4.38. The predicted molar refractivity (Wildman–Crippen MR) is 87.9 cm³/mol. The highest BCUT2D eigenvalue weighted by Gasteiger charge is 2.36. The molecule has 0 amide bonds. The summed E-state index contributed by atoms with van der Waals surface area (Å²) in [6, 6.07) is 6.30. The molecule has 1 atom stereocenters. The molecule has 0 unspecified atom stereocenters. The van der Waals surface area contributed by atoms with Gasteiger partial charge in [-0.1, -0.05) is 19.9 Å². The maximum Gasteiger partial charge on any atom is 0.231 e. The summed E-state index contributed by atoms with van der Waals surface area (Å²) in [5.41, 5.74) is 0.964. The van der Waals surface area contributed by atoms with Gasteiger partial charge in [0.15, 0.2) is 11.5 Å². The number of aliphatic hydroxyl groups excluding tert-OH is 1. The van der Waals surface area contributed by atoms with Crippen LogP contribution in [0.3, 0.4) is 0 Å². The van der Waals surface area contributed by atoms with E-state index >= 15 is 0 Å². The van der Waals surface area contributed by atoms with Crippen molar-refractivity contribution in [1.29, 1.82) is 0 Å². The number of hydrogen-bond donors (Lipinski definition) is 2. The highest BCUT2D eigenvalue weighted by atomic mass is 35.5. The van der Waals surface area contributed by atoms with Gasteiger partial charge < -0.3 is 19.9 Å². The van der Waals surface area contributed by atoms with Crippen LogP contribution in [0.15, 0.2) is 18.2 Å². The minimum Gasteiger partial charge on any atom is -0.454 e. The van der Waals surface area contributed by atoms with Crippen LogP contribution in [0, 0.1) is 5.41 Å². The lowest BCUT2D eigenvalue weighted by Crippen LogP contribution is -2.49. The van der Waals surface area contributed by atoms with Gasteiger partial charge in [0, 0.05) is 44.2 Å². The molecule has 0 radical (unpaired) electrons. The highest BCUT2D eigenvalue weighted by molar-refractivity contribution is 5.85. The second-order valence-corrected chi connectivity index (χ2v) is 6.45. The van der Waals surface area contributed by atoms with Crippen LogP contribution in [-0.2, 0) is 0 Å². The molecule has 124 valence electrons. The van der Waals surface area contributed by atoms with Crippen LogP contribution in [0.5, 0.6) is 11.5 Å². The number of halogens is 1. The van der Waals surface area contributed by atoms with Gasteiger partial charge in [-0.25, -0.2) is 0 Å². The lowest BCUT2D eigenvalue weighted by molar-refractivity contribution is 0.0304. The first-order valence-electron chi connectivity index (χ1n) is 7.57. The van der Waals surface area contributed by atoms with Crippen molar-refractivity contribution < 1.29 is 14.6 Å². The number of nitrogens with one attached hydrogen (secondary N) is 1. The number of benzene rings is 1. The van der Waals surface area contributed by atoms with Gasteiger partial charge in [-0.2, -0.15) is 0 Å². The van der Waals surface area contributed by atoms with Crippen LogP contribution in [-0.4, -0.2) is 49.6 Å². The van der Waals surface area contributed by atoms with Gasteiger partial charge in [-0.15, -0.1) is 12.4 Å². The van der Waals surface area contributed by atoms with E-state index in [9.17, 15) is 5.11 Å². The average Bonchev–Trinajstić information content (AvgIpc) is 2.96. The fourth-order valence-electron chi connectivity index (χ4n) is 3.27. The summed E-state index contributed by atoms with van der Waals surface area (Å²) in [6.07, 6.45) is 0. The normalized spacial score (nSPS) is 19.6. The number of aliphatic hydroxyl groups is 1. The highest BCUT2D eigenvalue weighted by Crippen LogP contribution is 2.42. The molecule has 2 aliphatic rings. The third kappa shape index (κ3) is 3.33. The summed E-state index contributed by atoms with van der Waals surface area (Å²) in [5, 5.41) is 13.2. The van der Waals surface area contributed by atoms with E-state index in [-0.39, 0.29) is 30.5 Å². The van der Waals surface area contributed by atoms with Gasteiger partial charge in [0.25, 0.3) is 0 Å². The van der Waals surface area contributed by atoms with Gasteiger partial charge in [0.05, 0.1) is 0 Å². The number of piperazine rings is 1. The van der Waals surface area contributed by atoms with Crippen LogP contribution in [0.2, 0.25) is 0 Å². The van der Waals surface area contributed by atoms with Crippen molar-refractivity contribution in [2.45, 2.75) is 19.9 Å². The first kappa shape index (κ1) is 17.3. The van der Waals surface area contributed by atoms with E-state index in [1.807, 2.05) is 6.07 Å². The van der Waals surface area contributed by atoms with E-state index in [0.29, 0.717) is 6.79 Å². The molecule has 5 nitrogen and oxygen atoms in total. The molecule has 0 bridgehead atoms. The Morgan fingerprint density at radius 1 is 1.23 bits per heavy atom. The molecule has 3 rings (SSSR count). The van der Waals surface area contributed by atoms with Gasteiger partial charge in [0.1, 0.15) is 0 Å². The predicted octanol–water partition coefficient (Wildman–Crippen LogP) is 1.80. The Kier molecular flexibility index (Phi) is 5.55. The molecular formula is C16H25ClN2O3. The second-order valence-electron chi connectivity index (χ2n) is 6.45. The molecule has 1 aromatic rings. The van der Waals surface area contributed by atoms with Crippen LogP contribution >= 0.6 is 12.4 Å². The minimum atomic E-state index is -0.217. The fourth-order valence-corrected chi connectivity index (χ4v) is 3.27. The summed E-state index contributed by atoms with van der Waals surface area (Å²) in [6.45, 7) is 8.63. The second kappa shape index (κ2) is 7.04. The number of nitrogens with zero attached hydrogens (tertiary/aromatic N) is 1. The molecule has 0 saturated carbocycles. The van der Waals surface area contributed by atoms with Crippen LogP contribution in [0.4, 0.5) is 0 Å². The minimum absolute atomic E-state index is 0. The lowest BCUT2D eigenvalue weighted by Gasteiger charge is -2.43. The lowest BCUT2D eigenvalue weighted by atomic mass is 9.79. The maximum absolute atomic E-state index is 9.85. The van der Waals surface area contributed by atoms with Crippen LogP contribution in [0.25, 0.3) is 0 Å². The Balaban J connectivity index is 0.00000176. The molecular weight excluding hydrogens is 304 g/mol. The van der Waals surface area contributed by atoms with Crippen molar-refractivity contribution in [1.82, 2.24) is 10.2 Å². The van der Waals surface area contributed by atoms with Crippen molar-refractivity contribution in [2.24, 2.45) is 5.41 Å². The van der Waals surface area contributed by atoms with Crippen LogP contribution in [0.1, 0.15) is 25.5 Å². The maximum atomic E-state index is 9.85. The van der Waals surface area contributed by atoms with Crippen molar-refractivity contribution in [3.8, 4) is 11.5 Å². The molecule has 2 aliphatic heterocycles. The molecule has 1 saturated heterocycles. The molecule has 22 heavy (non-hydrogen) atoms. The third-order valence-electron chi connectivity index (χ3n) is 4.38. The molecule has 0 aliphatic carbocycles. The number of fused-ring (bicyclic) bond motifs is 1. The standard InChI is InChI=1S/C16H24N2O3.ClH/c1-16(2,10-19)15(18-7-5-17-6-8-18)12-3-4-13-14(9-12)21-11-20-13;/h3-4,9,15,17,19H,5-8,10-11H2,1-2H3;1H/t15-;/m0./s1. The Hall–Kier alpha value is -1.01. The molecule has 2 N–H and O–H groups in total. The van der Waals surface area contributed by atoms with Crippen molar-refractivity contribution in [3.63, 3.8) is 0 Å². The van der Waals surface area contributed by atoms with E-state index in [4.69, 9.17) is 9.47 Å². The SMILES string of the molecule is CC(C)(CO)[C@H](c1ccc2c(c1)OCO2)N1CCNCC1.Cl. The largest absolute Gasteiger partial charge is 0.454 e. The smallest absolute Gasteiger partial charge is 0.231 e. The zero-order chi connectivity index (χ0) is 14.9. The zero-order valence-corrected chi connectivity index (χ0v) is 14.0. The van der Waals surface area contributed by atoms with E-state index in [1.54, 1.807) is 0 Å². The van der Waals surface area contributed by atoms with E-state index in [2.05, 4.69) is 36.2 Å². The molecule has 0 aromatic heterocycles. The first-order chi connectivity index (χ1) is 10.1. The number of ether oxygens (including phenoxy) is 2. The monoisotopic (exact) mass is 328 g/mol. The molecule has 0 spiro atoms. The summed E-state index contributed by atoms with van der Waals surface area (Å²) < 4.78 is 10.9. The Labute approximate surface area is 138 Å². The first-order valence-corrected chi connectivity index (χ1v) is 7.57. The molecule has 1 aromatic carbocycles. The van der Waals surface area contributed by atoms with Crippen LogP contribution < -0.4 is 14.8 Å². The van der Waals surface area contributed by atoms with E-state index in [1.165, 1.54) is 5.56 Å². The quantitative estimate of drug-likeness (QED) is 0.882. The molecule has 6 heteroatoms. The molecule has 1 fully saturated rings. The fraction of sp³-hybridized carbons (Fsp3) is 0.625. The topological polar surface area (TPSA) is 54.0 Å². The Morgan fingerprint density at radius 2 is 1.91 bits per heavy atom. The van der Waals surface area contributed by atoms with E-state index in [0.717, 1.165) is 37.7 Å².